The smallest absolute Gasteiger partial charge is 0.295 e. The molecule has 1 fully saturated rings. The lowest BCUT2D eigenvalue weighted by Crippen LogP contribution is -2.35. The van der Waals surface area contributed by atoms with E-state index in [2.05, 4.69) is 13.8 Å². The van der Waals surface area contributed by atoms with Gasteiger partial charge < -0.3 is 29.1 Å². The molecule has 3 rings (SSSR count). The van der Waals surface area contributed by atoms with Crippen LogP contribution in [0, 0.1) is 12.8 Å². The fraction of sp³-hybridized carbons (Fsp3) is 0.429. The normalized spacial score (nSPS) is 17.2. The molecule has 0 saturated carbocycles. The van der Waals surface area contributed by atoms with Crippen LogP contribution in [0.15, 0.2) is 42.0 Å². The largest absolute Gasteiger partial charge is 0.507 e. The first kappa shape index (κ1) is 27.1. The molecule has 1 saturated heterocycles. The average molecular weight is 497 g/mol. The number of methoxy groups -OCH3 is 2. The predicted octanol–water partition coefficient (Wildman–Crippen LogP) is 4.03. The number of hydrogen-bond donors (Lipinski definition) is 1. The Labute approximate surface area is 213 Å². The summed E-state index contributed by atoms with van der Waals surface area (Å²) < 4.78 is 16.7. The van der Waals surface area contributed by atoms with Gasteiger partial charge in [-0.05, 0) is 68.4 Å². The van der Waals surface area contributed by atoms with E-state index in [9.17, 15) is 14.7 Å². The molecule has 1 N–H and O–H groups in total. The highest BCUT2D eigenvalue weighted by Crippen LogP contribution is 2.42. The Balaban J connectivity index is 2.12. The molecule has 0 aromatic heterocycles. The number of aliphatic hydroxyl groups is 1. The molecule has 0 aliphatic carbocycles. The minimum Gasteiger partial charge on any atom is -0.507 e. The van der Waals surface area contributed by atoms with Crippen molar-refractivity contribution in [3.05, 3.63) is 58.7 Å². The van der Waals surface area contributed by atoms with Crippen LogP contribution in [0.3, 0.4) is 0 Å². The summed E-state index contributed by atoms with van der Waals surface area (Å²) in [6.07, 6.45) is 0. The van der Waals surface area contributed by atoms with Gasteiger partial charge in [0.25, 0.3) is 11.7 Å². The number of hydrogen-bond acceptors (Lipinski definition) is 7. The number of Topliss-reactive ketones (excluding diaryl/α,β-unsaturated/α-hetero) is 1. The molecular weight excluding hydrogens is 460 g/mol. The van der Waals surface area contributed by atoms with Crippen molar-refractivity contribution in [2.75, 3.05) is 48.0 Å². The number of benzene rings is 2. The van der Waals surface area contributed by atoms with E-state index in [4.69, 9.17) is 14.2 Å². The van der Waals surface area contributed by atoms with Crippen LogP contribution in [-0.4, -0.2) is 74.6 Å². The summed E-state index contributed by atoms with van der Waals surface area (Å²) in [5, 5.41) is 11.4. The maximum absolute atomic E-state index is 13.3. The first-order valence-corrected chi connectivity index (χ1v) is 12.0. The molecule has 1 aliphatic rings. The van der Waals surface area contributed by atoms with Crippen molar-refractivity contribution in [1.29, 1.82) is 0 Å². The molecule has 0 bridgehead atoms. The van der Waals surface area contributed by atoms with Crippen LogP contribution < -0.4 is 14.2 Å². The van der Waals surface area contributed by atoms with Gasteiger partial charge >= 0.3 is 0 Å². The minimum atomic E-state index is -0.776. The molecule has 1 atom stereocenters. The van der Waals surface area contributed by atoms with Gasteiger partial charge in [0.15, 0.2) is 11.5 Å². The maximum Gasteiger partial charge on any atom is 0.295 e. The highest BCUT2D eigenvalue weighted by molar-refractivity contribution is 6.46. The number of ketones is 1. The number of likely N-dealkylation sites (N-methyl/N-ethyl adjacent to an activating group) is 1. The van der Waals surface area contributed by atoms with Gasteiger partial charge in [-0.25, -0.2) is 0 Å². The predicted molar refractivity (Wildman–Crippen MR) is 139 cm³/mol. The molecule has 1 amide bonds. The SMILES string of the molecule is COc1ccc(C2/C(=C(/O)c3ccc(OCC(C)C)c(C)c3)C(=O)C(=O)N2CCN(C)C)cc1OC. The van der Waals surface area contributed by atoms with Crippen molar-refractivity contribution < 1.29 is 28.9 Å². The van der Waals surface area contributed by atoms with E-state index in [-0.39, 0.29) is 11.3 Å². The van der Waals surface area contributed by atoms with Gasteiger partial charge in [0.05, 0.1) is 32.4 Å². The summed E-state index contributed by atoms with van der Waals surface area (Å²) in [6.45, 7) is 7.46. The van der Waals surface area contributed by atoms with Gasteiger partial charge in [0.2, 0.25) is 0 Å². The standard InChI is InChI=1S/C28H36N2O6/c1-17(2)16-36-21-10-9-20(14-18(21)3)26(31)24-25(19-8-11-22(34-6)23(15-19)35-7)30(13-12-29(4)5)28(33)27(24)32/h8-11,14-15,17,25,31H,12-13,16H2,1-7H3/b26-24-. The Morgan fingerprint density at radius 3 is 2.28 bits per heavy atom. The molecule has 2 aromatic rings. The zero-order valence-electron chi connectivity index (χ0n) is 22.1. The monoisotopic (exact) mass is 496 g/mol. The summed E-state index contributed by atoms with van der Waals surface area (Å²) in [4.78, 5) is 29.8. The highest BCUT2D eigenvalue weighted by Gasteiger charge is 2.46. The van der Waals surface area contributed by atoms with Crippen LogP contribution >= 0.6 is 0 Å². The van der Waals surface area contributed by atoms with Crippen LogP contribution in [0.5, 0.6) is 17.2 Å². The molecule has 1 heterocycles. The van der Waals surface area contributed by atoms with E-state index < -0.39 is 17.7 Å². The van der Waals surface area contributed by atoms with Gasteiger partial charge in [-0.1, -0.05) is 19.9 Å². The Hall–Kier alpha value is -3.52. The van der Waals surface area contributed by atoms with E-state index >= 15 is 0 Å². The fourth-order valence-electron chi connectivity index (χ4n) is 4.16. The first-order valence-electron chi connectivity index (χ1n) is 12.0. The lowest BCUT2D eigenvalue weighted by Gasteiger charge is -2.27. The molecule has 0 radical (unpaired) electrons. The number of aliphatic hydroxyl groups excluding tert-OH is 1. The maximum atomic E-state index is 13.3. The average Bonchev–Trinajstić information content (AvgIpc) is 3.10. The summed E-state index contributed by atoms with van der Waals surface area (Å²) in [5.41, 5.74) is 1.95. The number of amides is 1. The number of carbonyl (C=O) groups is 2. The van der Waals surface area contributed by atoms with E-state index in [1.54, 1.807) is 36.4 Å². The lowest BCUT2D eigenvalue weighted by molar-refractivity contribution is -0.140. The van der Waals surface area contributed by atoms with Gasteiger partial charge in [-0.3, -0.25) is 9.59 Å². The molecular formula is C28H36N2O6. The minimum absolute atomic E-state index is 0.0428. The van der Waals surface area contributed by atoms with Crippen LogP contribution in [0.25, 0.3) is 5.76 Å². The lowest BCUT2D eigenvalue weighted by atomic mass is 9.94. The van der Waals surface area contributed by atoms with Crippen molar-refractivity contribution in [1.82, 2.24) is 9.80 Å². The molecule has 0 spiro atoms. The second kappa shape index (κ2) is 11.5. The second-order valence-corrected chi connectivity index (χ2v) is 9.60. The first-order chi connectivity index (χ1) is 17.1. The Kier molecular flexibility index (Phi) is 8.63. The summed E-state index contributed by atoms with van der Waals surface area (Å²) in [7, 11) is 6.86. The number of nitrogens with zero attached hydrogens (tertiary/aromatic N) is 2. The van der Waals surface area contributed by atoms with Gasteiger partial charge in [0, 0.05) is 18.7 Å². The molecule has 1 aliphatic heterocycles. The quantitative estimate of drug-likeness (QED) is 0.302. The summed E-state index contributed by atoms with van der Waals surface area (Å²) >= 11 is 0. The molecule has 8 nitrogen and oxygen atoms in total. The third-order valence-electron chi connectivity index (χ3n) is 6.07. The third kappa shape index (κ3) is 5.65. The number of carbonyl (C=O) groups excluding carboxylic acids is 2. The molecule has 1 unspecified atom stereocenters. The van der Waals surface area contributed by atoms with E-state index in [1.165, 1.54) is 19.1 Å². The van der Waals surface area contributed by atoms with Crippen molar-refractivity contribution in [3.8, 4) is 17.2 Å². The van der Waals surface area contributed by atoms with E-state index in [0.717, 1.165) is 5.56 Å². The Bertz CT molecular complexity index is 1150. The van der Waals surface area contributed by atoms with E-state index in [0.29, 0.717) is 54.0 Å². The molecule has 2 aromatic carbocycles. The second-order valence-electron chi connectivity index (χ2n) is 9.60. The zero-order chi connectivity index (χ0) is 26.6. The topological polar surface area (TPSA) is 88.5 Å². The zero-order valence-corrected chi connectivity index (χ0v) is 22.1. The highest BCUT2D eigenvalue weighted by atomic mass is 16.5. The van der Waals surface area contributed by atoms with Crippen LogP contribution in [0.4, 0.5) is 0 Å². The van der Waals surface area contributed by atoms with Crippen LogP contribution in [0.2, 0.25) is 0 Å². The van der Waals surface area contributed by atoms with Crippen LogP contribution in [-0.2, 0) is 9.59 Å². The van der Waals surface area contributed by atoms with Crippen molar-refractivity contribution >= 4 is 17.4 Å². The van der Waals surface area contributed by atoms with Gasteiger partial charge in [0.1, 0.15) is 11.5 Å². The summed E-state index contributed by atoms with van der Waals surface area (Å²) in [6, 6.07) is 9.72. The number of rotatable bonds is 10. The van der Waals surface area contributed by atoms with Crippen LogP contribution in [0.1, 0.15) is 36.6 Å². The Morgan fingerprint density at radius 2 is 1.69 bits per heavy atom. The molecule has 36 heavy (non-hydrogen) atoms. The number of ether oxygens (including phenoxy) is 3. The fourth-order valence-corrected chi connectivity index (χ4v) is 4.16. The van der Waals surface area contributed by atoms with Crippen molar-refractivity contribution in [2.24, 2.45) is 5.92 Å². The van der Waals surface area contributed by atoms with E-state index in [1.807, 2.05) is 25.9 Å². The van der Waals surface area contributed by atoms with Gasteiger partial charge in [-0.15, -0.1) is 0 Å². The Morgan fingerprint density at radius 1 is 1.03 bits per heavy atom. The number of aryl methyl sites for hydroxylation is 1. The third-order valence-corrected chi connectivity index (χ3v) is 6.07. The number of likely N-dealkylation sites (tertiary alicyclic amines) is 1. The molecule has 194 valence electrons. The molecule has 8 heteroatoms. The van der Waals surface area contributed by atoms with Gasteiger partial charge in [-0.2, -0.15) is 0 Å². The van der Waals surface area contributed by atoms with Crippen molar-refractivity contribution in [2.45, 2.75) is 26.8 Å². The summed E-state index contributed by atoms with van der Waals surface area (Å²) in [5.74, 6) is 0.490. The van der Waals surface area contributed by atoms with Crippen molar-refractivity contribution in [3.63, 3.8) is 0 Å².